The van der Waals surface area contributed by atoms with Gasteiger partial charge in [-0.1, -0.05) is 127 Å². The smallest absolute Gasteiger partial charge is 0.0726 e. The molecule has 2 saturated carbocycles. The Bertz CT molecular complexity index is 336. The summed E-state index contributed by atoms with van der Waals surface area (Å²) in [6, 6.07) is 0. The van der Waals surface area contributed by atoms with Crippen molar-refractivity contribution in [1.82, 2.24) is 0 Å². The second-order valence-corrected chi connectivity index (χ2v) is 17.2. The van der Waals surface area contributed by atoms with Crippen molar-refractivity contribution in [2.75, 3.05) is 0 Å². The van der Waals surface area contributed by atoms with Gasteiger partial charge in [-0.3, -0.25) is 0 Å². The van der Waals surface area contributed by atoms with Crippen molar-refractivity contribution >= 4 is 127 Å². The molecule has 4 atom stereocenters. The summed E-state index contributed by atoms with van der Waals surface area (Å²) in [6.07, 6.45) is 7.63. The first kappa shape index (κ1) is 24.1. The van der Waals surface area contributed by atoms with E-state index in [1.807, 2.05) is 0 Å². The maximum absolute atomic E-state index is 3.86. The molecule has 2 rings (SSSR count). The summed E-state index contributed by atoms with van der Waals surface area (Å²) >= 11 is 30.7. The minimum atomic E-state index is 0.401. The molecule has 0 saturated heterocycles. The summed E-state index contributed by atoms with van der Waals surface area (Å²) in [5.74, 6) is 2.24. The first-order chi connectivity index (χ1) is 11.2. The molecule has 0 heterocycles. The lowest BCUT2D eigenvalue weighted by atomic mass is 9.77. The quantitative estimate of drug-likeness (QED) is 0.243. The lowest BCUT2D eigenvalue weighted by Crippen LogP contribution is -2.37. The van der Waals surface area contributed by atoms with Crippen molar-refractivity contribution in [3.63, 3.8) is 0 Å². The van der Waals surface area contributed by atoms with Crippen LogP contribution in [0.25, 0.3) is 0 Å². The second-order valence-electron chi connectivity index (χ2n) is 7.19. The van der Waals surface area contributed by atoms with Crippen molar-refractivity contribution in [1.29, 1.82) is 0 Å². The zero-order chi connectivity index (χ0) is 18.0. The average molecular weight is 854 g/mol. The molecule has 0 aromatic carbocycles. The van der Waals surface area contributed by atoms with Crippen LogP contribution >= 0.6 is 127 Å². The number of halogens is 8. The predicted octanol–water partition coefficient (Wildman–Crippen LogP) is 8.90. The minimum Gasteiger partial charge on any atom is -0.0878 e. The summed E-state index contributed by atoms with van der Waals surface area (Å²) in [7, 11) is 0. The van der Waals surface area contributed by atoms with Gasteiger partial charge in [-0.25, -0.2) is 0 Å². The van der Waals surface area contributed by atoms with Crippen LogP contribution in [0.15, 0.2) is 0 Å². The summed E-state index contributed by atoms with van der Waals surface area (Å²) in [5, 5.41) is 0. The Morgan fingerprint density at radius 3 is 1.12 bits per heavy atom. The van der Waals surface area contributed by atoms with Crippen molar-refractivity contribution in [3.8, 4) is 0 Å². The van der Waals surface area contributed by atoms with E-state index in [-0.39, 0.29) is 0 Å². The molecular formula is C16H22Br8. The number of alkyl halides is 8. The van der Waals surface area contributed by atoms with E-state index >= 15 is 0 Å². The van der Waals surface area contributed by atoms with Gasteiger partial charge in [-0.2, -0.15) is 0 Å². The molecule has 0 spiro atoms. The van der Waals surface area contributed by atoms with Crippen LogP contribution in [0.3, 0.4) is 0 Å². The van der Waals surface area contributed by atoms with Crippen LogP contribution in [-0.4, -0.2) is 32.7 Å². The van der Waals surface area contributed by atoms with E-state index in [0.29, 0.717) is 38.6 Å². The molecule has 0 amide bonds. The Morgan fingerprint density at radius 1 is 0.583 bits per heavy atom. The molecule has 142 valence electrons. The van der Waals surface area contributed by atoms with Gasteiger partial charge in [0, 0.05) is 29.0 Å². The monoisotopic (exact) mass is 846 g/mol. The molecule has 0 nitrogen and oxygen atoms in total. The average Bonchev–Trinajstić information content (AvgIpc) is 2.49. The molecule has 8 heteroatoms. The van der Waals surface area contributed by atoms with E-state index in [2.05, 4.69) is 127 Å². The standard InChI is InChI=1S/C16H22Br8/c17-10-3-7(4-11(18)14(10)21)1-9(16(23)24)2-8-5-12(19)15(22)13(20)6-8/h7-16H,1-6H2. The van der Waals surface area contributed by atoms with Gasteiger partial charge >= 0.3 is 0 Å². The van der Waals surface area contributed by atoms with Gasteiger partial charge in [-0.05, 0) is 56.3 Å². The van der Waals surface area contributed by atoms with Crippen molar-refractivity contribution in [2.24, 2.45) is 17.8 Å². The van der Waals surface area contributed by atoms with Gasteiger partial charge in [-0.15, -0.1) is 0 Å². The SMILES string of the molecule is BrC(Br)C(CC1CC(Br)C(Br)C(Br)C1)CC1CC(Br)C(Br)C(Br)C1. The first-order valence-electron chi connectivity index (χ1n) is 8.31. The van der Waals surface area contributed by atoms with Gasteiger partial charge in [0.25, 0.3) is 0 Å². The molecule has 2 fully saturated rings. The largest absolute Gasteiger partial charge is 0.0878 e. The fourth-order valence-electron chi connectivity index (χ4n) is 3.98. The van der Waals surface area contributed by atoms with E-state index < -0.39 is 0 Å². The lowest BCUT2D eigenvalue weighted by molar-refractivity contribution is 0.257. The molecule has 0 aromatic heterocycles. The molecule has 0 bridgehead atoms. The van der Waals surface area contributed by atoms with Crippen LogP contribution in [0.2, 0.25) is 0 Å². The van der Waals surface area contributed by atoms with E-state index in [1.165, 1.54) is 38.5 Å². The lowest BCUT2D eigenvalue weighted by Gasteiger charge is -2.39. The summed E-state index contributed by atoms with van der Waals surface area (Å²) in [6.45, 7) is 0. The van der Waals surface area contributed by atoms with Crippen molar-refractivity contribution < 1.29 is 0 Å². The number of rotatable bonds is 5. The van der Waals surface area contributed by atoms with Crippen LogP contribution in [0.1, 0.15) is 38.5 Å². The van der Waals surface area contributed by atoms with Crippen molar-refractivity contribution in [2.45, 2.75) is 71.2 Å². The Kier molecular flexibility index (Phi) is 11.3. The summed E-state index contributed by atoms with van der Waals surface area (Å²) in [4.78, 5) is 3.32. The second kappa shape index (κ2) is 11.3. The third-order valence-corrected chi connectivity index (χ3v) is 15.9. The molecule has 2 aliphatic carbocycles. The molecule has 2 aliphatic rings. The van der Waals surface area contributed by atoms with Gasteiger partial charge in [0.05, 0.1) is 3.74 Å². The fourth-order valence-corrected chi connectivity index (χ4v) is 10.1. The highest BCUT2D eigenvalue weighted by Gasteiger charge is 2.38. The van der Waals surface area contributed by atoms with Gasteiger partial charge in [0.1, 0.15) is 0 Å². The summed E-state index contributed by atoms with van der Waals surface area (Å²) in [5.41, 5.74) is 0. The zero-order valence-electron chi connectivity index (χ0n) is 13.0. The third kappa shape index (κ3) is 6.97. The third-order valence-electron chi connectivity index (χ3n) is 5.24. The molecule has 0 aromatic rings. The zero-order valence-corrected chi connectivity index (χ0v) is 25.7. The number of hydrogen-bond donors (Lipinski definition) is 0. The Labute approximate surface area is 213 Å². The molecule has 4 unspecified atom stereocenters. The van der Waals surface area contributed by atoms with Crippen LogP contribution in [0, 0.1) is 17.8 Å². The van der Waals surface area contributed by atoms with Crippen molar-refractivity contribution in [3.05, 3.63) is 0 Å². The van der Waals surface area contributed by atoms with Gasteiger partial charge in [0.2, 0.25) is 0 Å². The maximum Gasteiger partial charge on any atom is 0.0726 e. The van der Waals surface area contributed by atoms with Crippen LogP contribution < -0.4 is 0 Å². The predicted molar refractivity (Wildman–Crippen MR) is 136 cm³/mol. The Morgan fingerprint density at radius 2 is 0.875 bits per heavy atom. The molecule has 24 heavy (non-hydrogen) atoms. The fraction of sp³-hybridized carbons (Fsp3) is 1.00. The minimum absolute atomic E-state index is 0.401. The highest BCUT2D eigenvalue weighted by molar-refractivity contribution is 9.24. The van der Waals surface area contributed by atoms with E-state index in [4.69, 9.17) is 0 Å². The Hall–Kier alpha value is 3.84. The molecule has 0 N–H and O–H groups in total. The van der Waals surface area contributed by atoms with E-state index in [1.54, 1.807) is 0 Å². The van der Waals surface area contributed by atoms with E-state index in [0.717, 1.165) is 11.8 Å². The van der Waals surface area contributed by atoms with Gasteiger partial charge < -0.3 is 0 Å². The van der Waals surface area contributed by atoms with E-state index in [9.17, 15) is 0 Å². The van der Waals surface area contributed by atoms with Crippen LogP contribution in [-0.2, 0) is 0 Å². The maximum atomic E-state index is 3.86. The number of hydrogen-bond acceptors (Lipinski definition) is 0. The molecule has 0 radical (unpaired) electrons. The first-order valence-corrected chi connectivity index (χ1v) is 15.6. The van der Waals surface area contributed by atoms with Gasteiger partial charge in [0.15, 0.2) is 0 Å². The van der Waals surface area contributed by atoms with Crippen LogP contribution in [0.4, 0.5) is 0 Å². The van der Waals surface area contributed by atoms with Crippen LogP contribution in [0.5, 0.6) is 0 Å². The normalized spacial score (nSPS) is 45.4. The topological polar surface area (TPSA) is 0 Å². The molecular weight excluding hydrogens is 831 g/mol. The molecule has 0 aliphatic heterocycles. The highest BCUT2D eigenvalue weighted by atomic mass is 79.9. The summed E-state index contributed by atoms with van der Waals surface area (Å²) < 4.78 is 0.401. The Balaban J connectivity index is 1.93. The highest BCUT2D eigenvalue weighted by Crippen LogP contribution is 2.45.